The average Bonchev–Trinajstić information content (AvgIpc) is 2.69. The highest BCUT2D eigenvalue weighted by Gasteiger charge is 2.25. The molecule has 0 unspecified atom stereocenters. The van der Waals surface area contributed by atoms with Crippen LogP contribution in [0.3, 0.4) is 0 Å². The third kappa shape index (κ3) is 3.12. The molecule has 0 aliphatic carbocycles. The van der Waals surface area contributed by atoms with Gasteiger partial charge in [-0.15, -0.1) is 10.2 Å². The quantitative estimate of drug-likeness (QED) is 0.772. The van der Waals surface area contributed by atoms with Crippen molar-refractivity contribution in [1.82, 2.24) is 19.8 Å². The summed E-state index contributed by atoms with van der Waals surface area (Å²) in [6.07, 6.45) is 1.62. The second-order valence-electron chi connectivity index (χ2n) is 4.11. The Morgan fingerprint density at radius 3 is 2.59 bits per heavy atom. The van der Waals surface area contributed by atoms with Crippen LogP contribution in [0, 0.1) is 0 Å². The van der Waals surface area contributed by atoms with Gasteiger partial charge in [-0.2, -0.15) is 0 Å². The molecule has 1 saturated heterocycles. The topological polar surface area (TPSA) is 101 Å². The van der Waals surface area contributed by atoms with E-state index in [1.807, 2.05) is 7.05 Å². The van der Waals surface area contributed by atoms with Crippen molar-refractivity contribution in [3.05, 3.63) is 0 Å². The molecule has 1 fully saturated rings. The number of rotatable bonds is 3. The molecule has 1 aromatic heterocycles. The predicted octanol–water partition coefficient (Wildman–Crippen LogP) is -0.507. The van der Waals surface area contributed by atoms with Gasteiger partial charge in [0.25, 0.3) is 10.0 Å². The van der Waals surface area contributed by atoms with Gasteiger partial charge >= 0.3 is 0 Å². The summed E-state index contributed by atoms with van der Waals surface area (Å²) in [6, 6.07) is -0.0266. The van der Waals surface area contributed by atoms with Crippen LogP contribution >= 0.6 is 11.3 Å². The van der Waals surface area contributed by atoms with Crippen LogP contribution in [0.2, 0.25) is 0 Å². The van der Waals surface area contributed by atoms with E-state index in [4.69, 9.17) is 5.73 Å². The van der Waals surface area contributed by atoms with Crippen LogP contribution in [0.1, 0.15) is 12.8 Å². The lowest BCUT2D eigenvalue weighted by atomic mass is 10.1. The Labute approximate surface area is 104 Å². The average molecular weight is 277 g/mol. The van der Waals surface area contributed by atoms with E-state index in [2.05, 4.69) is 19.8 Å². The van der Waals surface area contributed by atoms with Crippen LogP contribution in [0.25, 0.3) is 0 Å². The Bertz CT molecular complexity index is 478. The molecular weight excluding hydrogens is 262 g/mol. The fourth-order valence-corrected chi connectivity index (χ4v) is 3.83. The number of aromatic nitrogens is 2. The lowest BCUT2D eigenvalue weighted by molar-refractivity contribution is 0.248. The Kier molecular flexibility index (Phi) is 3.61. The molecule has 3 N–H and O–H groups in total. The zero-order valence-electron chi connectivity index (χ0n) is 9.46. The van der Waals surface area contributed by atoms with Crippen molar-refractivity contribution in [3.63, 3.8) is 0 Å². The predicted molar refractivity (Wildman–Crippen MR) is 65.2 cm³/mol. The standard InChI is InChI=1S/C8H15N5O2S2/c1-13-4-2-6(3-5-13)12-17(14,15)8-11-10-7(9)16-8/h6,12H,2-5H2,1H3,(H2,9,10). The molecule has 0 aromatic carbocycles. The van der Waals surface area contributed by atoms with Crippen LogP contribution in [0.4, 0.5) is 5.13 Å². The molecule has 0 bridgehead atoms. The summed E-state index contributed by atoms with van der Waals surface area (Å²) in [7, 11) is -1.54. The molecular formula is C8H15N5O2S2. The number of sulfonamides is 1. The van der Waals surface area contributed by atoms with Gasteiger partial charge in [0.1, 0.15) is 0 Å². The number of nitrogen functional groups attached to an aromatic ring is 1. The van der Waals surface area contributed by atoms with Crippen molar-refractivity contribution < 1.29 is 8.42 Å². The van der Waals surface area contributed by atoms with Crippen molar-refractivity contribution in [2.24, 2.45) is 0 Å². The first-order valence-electron chi connectivity index (χ1n) is 5.27. The highest BCUT2D eigenvalue weighted by molar-refractivity contribution is 7.91. The van der Waals surface area contributed by atoms with Gasteiger partial charge in [0, 0.05) is 6.04 Å². The molecule has 1 aliphatic rings. The molecule has 2 rings (SSSR count). The van der Waals surface area contributed by atoms with E-state index in [1.165, 1.54) is 0 Å². The third-order valence-corrected chi connectivity index (χ3v) is 5.33. The largest absolute Gasteiger partial charge is 0.374 e. The van der Waals surface area contributed by atoms with Gasteiger partial charge in [-0.05, 0) is 33.0 Å². The summed E-state index contributed by atoms with van der Waals surface area (Å²) >= 11 is 0.878. The van der Waals surface area contributed by atoms with Gasteiger partial charge in [-0.1, -0.05) is 11.3 Å². The molecule has 0 atom stereocenters. The number of piperidine rings is 1. The Hall–Kier alpha value is -0.770. The first kappa shape index (κ1) is 12.7. The normalized spacial score (nSPS) is 19.6. The van der Waals surface area contributed by atoms with E-state index < -0.39 is 10.0 Å². The number of nitrogens with two attached hydrogens (primary N) is 1. The van der Waals surface area contributed by atoms with E-state index in [0.717, 1.165) is 37.3 Å². The Balaban J connectivity index is 2.03. The molecule has 2 heterocycles. The number of anilines is 1. The van der Waals surface area contributed by atoms with Crippen molar-refractivity contribution in [2.75, 3.05) is 25.9 Å². The lowest BCUT2D eigenvalue weighted by Crippen LogP contribution is -2.43. The Morgan fingerprint density at radius 1 is 1.41 bits per heavy atom. The van der Waals surface area contributed by atoms with E-state index in [0.29, 0.717) is 0 Å². The van der Waals surface area contributed by atoms with E-state index in [-0.39, 0.29) is 15.5 Å². The summed E-state index contributed by atoms with van der Waals surface area (Å²) in [5.41, 5.74) is 5.37. The van der Waals surface area contributed by atoms with Crippen LogP contribution in [-0.4, -0.2) is 49.7 Å². The highest BCUT2D eigenvalue weighted by Crippen LogP contribution is 2.18. The minimum atomic E-state index is -3.56. The fourth-order valence-electron chi connectivity index (χ4n) is 1.73. The molecule has 0 radical (unpaired) electrons. The second-order valence-corrected chi connectivity index (χ2v) is 7.00. The van der Waals surface area contributed by atoms with Gasteiger partial charge in [0.15, 0.2) is 0 Å². The van der Waals surface area contributed by atoms with Crippen molar-refractivity contribution in [1.29, 1.82) is 0 Å². The minimum absolute atomic E-state index is 0.0266. The fraction of sp³-hybridized carbons (Fsp3) is 0.750. The maximum atomic E-state index is 11.9. The third-order valence-electron chi connectivity index (χ3n) is 2.69. The number of nitrogens with one attached hydrogen (secondary N) is 1. The van der Waals surface area contributed by atoms with Crippen molar-refractivity contribution in [3.8, 4) is 0 Å². The summed E-state index contributed by atoms with van der Waals surface area (Å²) in [4.78, 5) is 2.17. The zero-order valence-corrected chi connectivity index (χ0v) is 11.1. The molecule has 17 heavy (non-hydrogen) atoms. The Morgan fingerprint density at radius 2 is 2.06 bits per heavy atom. The van der Waals surface area contributed by atoms with Crippen LogP contribution in [-0.2, 0) is 10.0 Å². The molecule has 0 saturated carbocycles. The summed E-state index contributed by atoms with van der Waals surface area (Å²) < 4.78 is 26.4. The van der Waals surface area contributed by atoms with E-state index >= 15 is 0 Å². The smallest absolute Gasteiger partial charge is 0.270 e. The second kappa shape index (κ2) is 4.84. The number of likely N-dealkylation sites (tertiary alicyclic amines) is 1. The zero-order chi connectivity index (χ0) is 12.5. The molecule has 7 nitrogen and oxygen atoms in total. The first-order valence-corrected chi connectivity index (χ1v) is 7.57. The molecule has 1 aliphatic heterocycles. The molecule has 1 aromatic rings. The molecule has 0 spiro atoms. The molecule has 9 heteroatoms. The molecule has 96 valence electrons. The maximum Gasteiger partial charge on any atom is 0.270 e. The summed E-state index contributed by atoms with van der Waals surface area (Å²) in [5.74, 6) is 0. The van der Waals surface area contributed by atoms with Gasteiger partial charge in [0.05, 0.1) is 0 Å². The van der Waals surface area contributed by atoms with Gasteiger partial charge in [0.2, 0.25) is 9.47 Å². The number of hydrogen-bond donors (Lipinski definition) is 2. The summed E-state index contributed by atoms with van der Waals surface area (Å²) in [5, 5.41) is 7.22. The number of nitrogens with zero attached hydrogens (tertiary/aromatic N) is 3. The monoisotopic (exact) mass is 277 g/mol. The lowest BCUT2D eigenvalue weighted by Gasteiger charge is -2.28. The van der Waals surface area contributed by atoms with Gasteiger partial charge in [-0.25, -0.2) is 13.1 Å². The van der Waals surface area contributed by atoms with Gasteiger partial charge < -0.3 is 10.6 Å². The number of hydrogen-bond acceptors (Lipinski definition) is 7. The van der Waals surface area contributed by atoms with Crippen LogP contribution < -0.4 is 10.5 Å². The van der Waals surface area contributed by atoms with Crippen molar-refractivity contribution in [2.45, 2.75) is 23.2 Å². The minimum Gasteiger partial charge on any atom is -0.374 e. The van der Waals surface area contributed by atoms with E-state index in [1.54, 1.807) is 0 Å². The SMILES string of the molecule is CN1CCC(NS(=O)(=O)c2nnc(N)s2)CC1. The highest BCUT2D eigenvalue weighted by atomic mass is 32.2. The van der Waals surface area contributed by atoms with Crippen molar-refractivity contribution >= 4 is 26.5 Å². The molecule has 0 amide bonds. The van der Waals surface area contributed by atoms with Crippen LogP contribution in [0.5, 0.6) is 0 Å². The maximum absolute atomic E-state index is 11.9. The van der Waals surface area contributed by atoms with Gasteiger partial charge in [-0.3, -0.25) is 0 Å². The first-order chi connectivity index (χ1) is 7.97. The van der Waals surface area contributed by atoms with Crippen LogP contribution in [0.15, 0.2) is 4.34 Å². The van der Waals surface area contributed by atoms with E-state index in [9.17, 15) is 8.42 Å². The summed E-state index contributed by atoms with van der Waals surface area (Å²) in [6.45, 7) is 1.79.